The van der Waals surface area contributed by atoms with Gasteiger partial charge in [-0.3, -0.25) is 4.79 Å². The lowest BCUT2D eigenvalue weighted by Crippen LogP contribution is -2.08. The van der Waals surface area contributed by atoms with E-state index < -0.39 is 0 Å². The Labute approximate surface area is 106 Å². The van der Waals surface area contributed by atoms with Crippen LogP contribution < -0.4 is 4.74 Å². The minimum Gasteiger partial charge on any atom is -0.426 e. The maximum atomic E-state index is 11.3. The van der Waals surface area contributed by atoms with Crippen molar-refractivity contribution in [1.29, 1.82) is 0 Å². The average molecular weight is 238 g/mol. The monoisotopic (exact) mass is 238 g/mol. The van der Waals surface area contributed by atoms with Crippen LogP contribution in [0.2, 0.25) is 0 Å². The third kappa shape index (κ3) is 1.80. The molecule has 18 heavy (non-hydrogen) atoms. The summed E-state index contributed by atoms with van der Waals surface area (Å²) in [7, 11) is 0. The Bertz CT molecular complexity index is 653. The van der Waals surface area contributed by atoms with Crippen molar-refractivity contribution in [3.05, 3.63) is 53.6 Å². The molecule has 0 atom stereocenters. The van der Waals surface area contributed by atoms with E-state index in [4.69, 9.17) is 4.74 Å². The first-order valence-electron chi connectivity index (χ1n) is 6.12. The van der Waals surface area contributed by atoms with Crippen LogP contribution in [0.4, 0.5) is 0 Å². The van der Waals surface area contributed by atoms with Crippen LogP contribution >= 0.6 is 0 Å². The Kier molecular flexibility index (Phi) is 2.63. The summed E-state index contributed by atoms with van der Waals surface area (Å²) < 4.78 is 5.45. The number of carbonyl (C=O) groups excluding carboxylic acids is 1. The second kappa shape index (κ2) is 4.30. The van der Waals surface area contributed by atoms with Gasteiger partial charge in [-0.1, -0.05) is 42.5 Å². The van der Waals surface area contributed by atoms with Crippen molar-refractivity contribution in [2.45, 2.75) is 19.8 Å². The molecule has 0 aliphatic heterocycles. The molecule has 3 rings (SSSR count). The molecule has 1 aliphatic rings. The normalized spacial score (nSPS) is 13.4. The van der Waals surface area contributed by atoms with Gasteiger partial charge in [-0.2, -0.15) is 0 Å². The first-order chi connectivity index (χ1) is 8.75. The topological polar surface area (TPSA) is 26.3 Å². The number of allylic oxidation sites excluding steroid dienone is 2. The fourth-order valence-electron chi connectivity index (χ4n) is 2.49. The molecule has 1 aliphatic carbocycles. The second-order valence-corrected chi connectivity index (χ2v) is 4.54. The van der Waals surface area contributed by atoms with E-state index in [0.29, 0.717) is 0 Å². The third-order valence-corrected chi connectivity index (χ3v) is 3.27. The van der Waals surface area contributed by atoms with Crippen LogP contribution in [-0.4, -0.2) is 5.97 Å². The van der Waals surface area contributed by atoms with E-state index >= 15 is 0 Å². The smallest absolute Gasteiger partial charge is 0.308 e. The lowest BCUT2D eigenvalue weighted by atomic mass is 9.92. The summed E-state index contributed by atoms with van der Waals surface area (Å²) >= 11 is 0. The molecule has 2 aromatic rings. The number of benzene rings is 2. The first kappa shape index (κ1) is 11.0. The van der Waals surface area contributed by atoms with Crippen molar-refractivity contribution in [2.75, 3.05) is 0 Å². The molecule has 0 heterocycles. The number of carbonyl (C=O) groups is 1. The summed E-state index contributed by atoms with van der Waals surface area (Å²) in [6, 6.07) is 10.2. The Hall–Kier alpha value is -2.09. The molecule has 2 nitrogen and oxygen atoms in total. The lowest BCUT2D eigenvalue weighted by Gasteiger charge is -2.17. The molecule has 0 amide bonds. The molecule has 0 fully saturated rings. The molecule has 0 unspecified atom stereocenters. The highest BCUT2D eigenvalue weighted by atomic mass is 16.5. The van der Waals surface area contributed by atoms with Crippen molar-refractivity contribution in [3.8, 4) is 5.75 Å². The van der Waals surface area contributed by atoms with E-state index in [2.05, 4.69) is 24.3 Å². The molecule has 0 aromatic heterocycles. The van der Waals surface area contributed by atoms with Crippen molar-refractivity contribution in [1.82, 2.24) is 0 Å². The molecule has 90 valence electrons. The highest BCUT2D eigenvalue weighted by Gasteiger charge is 2.16. The lowest BCUT2D eigenvalue weighted by molar-refractivity contribution is -0.131. The number of rotatable bonds is 1. The summed E-state index contributed by atoms with van der Waals surface area (Å²) in [5, 5.41) is 2.14. The summed E-state index contributed by atoms with van der Waals surface area (Å²) in [6.07, 6.45) is 6.04. The van der Waals surface area contributed by atoms with Crippen LogP contribution in [0.5, 0.6) is 5.75 Å². The predicted octanol–water partition coefficient (Wildman–Crippen LogP) is 3.42. The van der Waals surface area contributed by atoms with Gasteiger partial charge in [-0.05, 0) is 23.8 Å². The van der Waals surface area contributed by atoms with Crippen LogP contribution in [0, 0.1) is 0 Å². The molecule has 2 heteroatoms. The zero-order valence-electron chi connectivity index (χ0n) is 10.3. The maximum Gasteiger partial charge on any atom is 0.308 e. The van der Waals surface area contributed by atoms with Gasteiger partial charge in [0.2, 0.25) is 0 Å². The van der Waals surface area contributed by atoms with Crippen LogP contribution in [0.15, 0.2) is 42.5 Å². The fourth-order valence-corrected chi connectivity index (χ4v) is 2.49. The van der Waals surface area contributed by atoms with Gasteiger partial charge < -0.3 is 4.74 Å². The van der Waals surface area contributed by atoms with Crippen LogP contribution in [0.3, 0.4) is 0 Å². The van der Waals surface area contributed by atoms with Crippen LogP contribution in [-0.2, 0) is 17.6 Å². The Morgan fingerprint density at radius 3 is 2.78 bits per heavy atom. The van der Waals surface area contributed by atoms with Gasteiger partial charge in [0.05, 0.1) is 0 Å². The molecule has 0 radical (unpaired) electrons. The summed E-state index contributed by atoms with van der Waals surface area (Å²) in [5.41, 5.74) is 2.40. The number of ether oxygens (including phenoxy) is 1. The summed E-state index contributed by atoms with van der Waals surface area (Å²) in [5.74, 6) is 0.475. The Morgan fingerprint density at radius 2 is 1.94 bits per heavy atom. The second-order valence-electron chi connectivity index (χ2n) is 4.54. The van der Waals surface area contributed by atoms with Gasteiger partial charge in [0, 0.05) is 17.9 Å². The van der Waals surface area contributed by atoms with Crippen LogP contribution in [0.1, 0.15) is 18.1 Å². The highest BCUT2D eigenvalue weighted by Crippen LogP contribution is 2.35. The number of hydrogen-bond donors (Lipinski definition) is 0. The Balaban J connectivity index is 2.30. The molecular formula is C16H14O2. The molecular weight excluding hydrogens is 224 g/mol. The van der Waals surface area contributed by atoms with E-state index in [-0.39, 0.29) is 5.97 Å². The summed E-state index contributed by atoms with van der Waals surface area (Å²) in [4.78, 5) is 11.3. The van der Waals surface area contributed by atoms with Gasteiger partial charge in [-0.15, -0.1) is 0 Å². The van der Waals surface area contributed by atoms with E-state index in [1.165, 1.54) is 12.5 Å². The van der Waals surface area contributed by atoms with Crippen LogP contribution in [0.25, 0.3) is 10.8 Å². The number of hydrogen-bond acceptors (Lipinski definition) is 2. The zero-order chi connectivity index (χ0) is 12.5. The zero-order valence-corrected chi connectivity index (χ0v) is 10.3. The van der Waals surface area contributed by atoms with Crippen molar-refractivity contribution < 1.29 is 9.53 Å². The SMILES string of the molecule is CC(=O)Oc1c2c(cc3ccccc13)CC=CC2. The third-order valence-electron chi connectivity index (χ3n) is 3.27. The van der Waals surface area contributed by atoms with Crippen molar-refractivity contribution >= 4 is 16.7 Å². The fraction of sp³-hybridized carbons (Fsp3) is 0.188. The van der Waals surface area contributed by atoms with Gasteiger partial charge in [-0.25, -0.2) is 0 Å². The molecule has 0 saturated heterocycles. The van der Waals surface area contributed by atoms with E-state index in [9.17, 15) is 4.79 Å². The molecule has 0 spiro atoms. The summed E-state index contributed by atoms with van der Waals surface area (Å²) in [6.45, 7) is 1.45. The van der Waals surface area contributed by atoms with Gasteiger partial charge >= 0.3 is 5.97 Å². The van der Waals surface area contributed by atoms with E-state index in [1.54, 1.807) is 0 Å². The van der Waals surface area contributed by atoms with Crippen molar-refractivity contribution in [3.63, 3.8) is 0 Å². The molecule has 0 saturated carbocycles. The Morgan fingerprint density at radius 1 is 1.17 bits per heavy atom. The number of esters is 1. The highest BCUT2D eigenvalue weighted by molar-refractivity contribution is 5.92. The molecule has 2 aromatic carbocycles. The first-order valence-corrected chi connectivity index (χ1v) is 6.12. The van der Waals surface area contributed by atoms with Gasteiger partial charge in [0.25, 0.3) is 0 Å². The largest absolute Gasteiger partial charge is 0.426 e. The standard InChI is InChI=1S/C16H14O2/c1-11(17)18-16-14-8-4-2-6-12(14)10-13-7-3-5-9-15(13)16/h2-6,8,10H,7,9H2,1H3. The quantitative estimate of drug-likeness (QED) is 0.432. The maximum absolute atomic E-state index is 11.3. The van der Waals surface area contributed by atoms with E-state index in [1.807, 2.05) is 18.2 Å². The minimum atomic E-state index is -0.261. The molecule has 0 bridgehead atoms. The van der Waals surface area contributed by atoms with Gasteiger partial charge in [0.1, 0.15) is 5.75 Å². The van der Waals surface area contributed by atoms with Crippen molar-refractivity contribution in [2.24, 2.45) is 0 Å². The molecule has 0 N–H and O–H groups in total. The van der Waals surface area contributed by atoms with E-state index in [0.717, 1.165) is 34.9 Å². The average Bonchev–Trinajstić information content (AvgIpc) is 2.38. The minimum absolute atomic E-state index is 0.261. The predicted molar refractivity (Wildman–Crippen MR) is 71.8 cm³/mol. The van der Waals surface area contributed by atoms with Gasteiger partial charge in [0.15, 0.2) is 0 Å². The number of fused-ring (bicyclic) bond motifs is 2.